The van der Waals surface area contributed by atoms with E-state index < -0.39 is 0 Å². The van der Waals surface area contributed by atoms with Crippen LogP contribution in [0.25, 0.3) is 0 Å². The third-order valence-electron chi connectivity index (χ3n) is 2.95. The summed E-state index contributed by atoms with van der Waals surface area (Å²) in [7, 11) is 0. The fraction of sp³-hybridized carbons (Fsp3) is 0.364. The van der Waals surface area contributed by atoms with Gasteiger partial charge in [-0.1, -0.05) is 12.1 Å². The summed E-state index contributed by atoms with van der Waals surface area (Å²) in [6.07, 6.45) is 0. The van der Waals surface area contributed by atoms with Gasteiger partial charge in [0.2, 0.25) is 0 Å². The van der Waals surface area contributed by atoms with Gasteiger partial charge in [-0.2, -0.15) is 0 Å². The molecule has 0 saturated carbocycles. The van der Waals surface area contributed by atoms with Gasteiger partial charge in [-0.25, -0.2) is 9.80 Å². The van der Waals surface area contributed by atoms with Gasteiger partial charge >= 0.3 is 6.03 Å². The monoisotopic (exact) mass is 218 g/mol. The van der Waals surface area contributed by atoms with Crippen LogP contribution < -0.4 is 15.6 Å². The Morgan fingerprint density at radius 3 is 2.69 bits per heavy atom. The van der Waals surface area contributed by atoms with Crippen molar-refractivity contribution in [3.8, 4) is 0 Å². The average Bonchev–Trinajstić information content (AvgIpc) is 2.55. The number of para-hydroxylation sites is 2. The second-order valence-corrected chi connectivity index (χ2v) is 3.94. The molecule has 2 heterocycles. The van der Waals surface area contributed by atoms with Crippen LogP contribution in [0.5, 0.6) is 0 Å². The fourth-order valence-corrected chi connectivity index (χ4v) is 2.18. The standard InChI is InChI=1S/C11H14N4O/c16-11-13-9-3-1-2-4-10(9)14-7-5-12-6-8-15(11)14/h1-4,12H,5-8H2,(H,13,16). The summed E-state index contributed by atoms with van der Waals surface area (Å²) in [6, 6.07) is 7.86. The molecule has 2 aliphatic rings. The largest absolute Gasteiger partial charge is 0.340 e. The van der Waals surface area contributed by atoms with E-state index in [-0.39, 0.29) is 6.03 Å². The first-order valence-corrected chi connectivity index (χ1v) is 5.52. The van der Waals surface area contributed by atoms with Gasteiger partial charge in [-0.3, -0.25) is 5.01 Å². The van der Waals surface area contributed by atoms with Crippen LogP contribution in [0.15, 0.2) is 24.3 Å². The maximum absolute atomic E-state index is 11.9. The minimum Gasteiger partial charge on any atom is -0.313 e. The molecule has 84 valence electrons. The average molecular weight is 218 g/mol. The SMILES string of the molecule is O=C1Nc2ccccc2N2CCNCCN12. The van der Waals surface area contributed by atoms with Crippen molar-refractivity contribution in [1.29, 1.82) is 0 Å². The number of nitrogens with zero attached hydrogens (tertiary/aromatic N) is 2. The lowest BCUT2D eigenvalue weighted by atomic mass is 10.2. The maximum Gasteiger partial charge on any atom is 0.340 e. The van der Waals surface area contributed by atoms with Gasteiger partial charge in [0.05, 0.1) is 24.5 Å². The highest BCUT2D eigenvalue weighted by atomic mass is 16.2. The number of carbonyl (C=O) groups is 1. The first-order chi connectivity index (χ1) is 7.86. The van der Waals surface area contributed by atoms with Crippen molar-refractivity contribution in [3.05, 3.63) is 24.3 Å². The highest BCUT2D eigenvalue weighted by molar-refractivity contribution is 5.97. The highest BCUT2D eigenvalue weighted by Crippen LogP contribution is 2.31. The molecule has 0 radical (unpaired) electrons. The Hall–Kier alpha value is -1.75. The lowest BCUT2D eigenvalue weighted by Gasteiger charge is -2.39. The second-order valence-electron chi connectivity index (χ2n) is 3.94. The third kappa shape index (κ3) is 1.40. The molecular weight excluding hydrogens is 204 g/mol. The van der Waals surface area contributed by atoms with Crippen LogP contribution >= 0.6 is 0 Å². The van der Waals surface area contributed by atoms with Crippen LogP contribution in [0.4, 0.5) is 16.2 Å². The van der Waals surface area contributed by atoms with Gasteiger partial charge in [-0.05, 0) is 12.1 Å². The summed E-state index contributed by atoms with van der Waals surface area (Å²) in [6.45, 7) is 3.27. The molecule has 1 saturated heterocycles. The van der Waals surface area contributed by atoms with Crippen molar-refractivity contribution in [2.45, 2.75) is 0 Å². The molecule has 0 bridgehead atoms. The summed E-state index contributed by atoms with van der Waals surface area (Å²) < 4.78 is 0. The normalized spacial score (nSPS) is 19.6. The number of anilines is 2. The third-order valence-corrected chi connectivity index (χ3v) is 2.95. The van der Waals surface area contributed by atoms with Crippen molar-refractivity contribution in [3.63, 3.8) is 0 Å². The van der Waals surface area contributed by atoms with Gasteiger partial charge in [0.1, 0.15) is 0 Å². The Bertz CT molecular complexity index is 420. The number of hydrogen-bond donors (Lipinski definition) is 2. The first kappa shape index (κ1) is 9.47. The van der Waals surface area contributed by atoms with Gasteiger partial charge in [0, 0.05) is 13.1 Å². The molecular formula is C11H14N4O. The predicted octanol–water partition coefficient (Wildman–Crippen LogP) is 0.859. The number of nitrogens with one attached hydrogen (secondary N) is 2. The summed E-state index contributed by atoms with van der Waals surface area (Å²) in [4.78, 5) is 11.9. The maximum atomic E-state index is 11.9. The fourth-order valence-electron chi connectivity index (χ4n) is 2.18. The molecule has 2 N–H and O–H groups in total. The molecule has 0 atom stereocenters. The van der Waals surface area contributed by atoms with E-state index in [1.165, 1.54) is 0 Å². The molecule has 0 spiro atoms. The Labute approximate surface area is 94.0 Å². The quantitative estimate of drug-likeness (QED) is 0.679. The minimum atomic E-state index is -0.0394. The van der Waals surface area contributed by atoms with Crippen LogP contribution in [-0.2, 0) is 0 Å². The summed E-state index contributed by atoms with van der Waals surface area (Å²) in [5.41, 5.74) is 1.97. The zero-order valence-electron chi connectivity index (χ0n) is 8.94. The van der Waals surface area contributed by atoms with Crippen LogP contribution in [0.3, 0.4) is 0 Å². The van der Waals surface area contributed by atoms with Crippen molar-refractivity contribution >= 4 is 17.4 Å². The molecule has 2 amide bonds. The summed E-state index contributed by atoms with van der Waals surface area (Å²) in [5, 5.41) is 10.0. The lowest BCUT2D eigenvalue weighted by molar-refractivity contribution is 0.208. The number of hydrogen-bond acceptors (Lipinski definition) is 3. The molecule has 0 aliphatic carbocycles. The number of fused-ring (bicyclic) bond motifs is 3. The van der Waals surface area contributed by atoms with Gasteiger partial charge in [-0.15, -0.1) is 0 Å². The van der Waals surface area contributed by atoms with Crippen LogP contribution in [-0.4, -0.2) is 37.2 Å². The number of hydrazine groups is 1. The van der Waals surface area contributed by atoms with E-state index in [0.717, 1.165) is 31.0 Å². The molecule has 16 heavy (non-hydrogen) atoms. The Balaban J connectivity index is 2.03. The number of urea groups is 1. The van der Waals surface area contributed by atoms with Crippen molar-refractivity contribution < 1.29 is 4.79 Å². The van der Waals surface area contributed by atoms with Crippen LogP contribution in [0.1, 0.15) is 0 Å². The Morgan fingerprint density at radius 2 is 1.81 bits per heavy atom. The number of carbonyl (C=O) groups excluding carboxylic acids is 1. The Kier molecular flexibility index (Phi) is 2.18. The van der Waals surface area contributed by atoms with Crippen molar-refractivity contribution in [2.75, 3.05) is 36.5 Å². The highest BCUT2D eigenvalue weighted by Gasteiger charge is 2.29. The van der Waals surface area contributed by atoms with E-state index in [4.69, 9.17) is 0 Å². The van der Waals surface area contributed by atoms with Crippen molar-refractivity contribution in [1.82, 2.24) is 10.3 Å². The van der Waals surface area contributed by atoms with E-state index in [1.807, 2.05) is 29.3 Å². The summed E-state index contributed by atoms with van der Waals surface area (Å²) in [5.74, 6) is 0. The molecule has 5 heteroatoms. The van der Waals surface area contributed by atoms with E-state index >= 15 is 0 Å². The topological polar surface area (TPSA) is 47.6 Å². The molecule has 5 nitrogen and oxygen atoms in total. The van der Waals surface area contributed by atoms with Crippen molar-refractivity contribution in [2.24, 2.45) is 0 Å². The molecule has 0 aromatic heterocycles. The number of rotatable bonds is 0. The van der Waals surface area contributed by atoms with E-state index in [2.05, 4.69) is 10.6 Å². The predicted molar refractivity (Wildman–Crippen MR) is 62.4 cm³/mol. The van der Waals surface area contributed by atoms with Gasteiger partial charge < -0.3 is 10.6 Å². The zero-order chi connectivity index (χ0) is 11.0. The smallest absolute Gasteiger partial charge is 0.313 e. The molecule has 2 aliphatic heterocycles. The lowest BCUT2D eigenvalue weighted by Crippen LogP contribution is -2.52. The second kappa shape index (κ2) is 3.68. The summed E-state index contributed by atoms with van der Waals surface area (Å²) >= 11 is 0. The minimum absolute atomic E-state index is 0.0394. The molecule has 0 unspecified atom stereocenters. The van der Waals surface area contributed by atoms with E-state index in [1.54, 1.807) is 5.01 Å². The van der Waals surface area contributed by atoms with Gasteiger partial charge in [0.25, 0.3) is 0 Å². The van der Waals surface area contributed by atoms with Crippen LogP contribution in [0, 0.1) is 0 Å². The zero-order valence-corrected chi connectivity index (χ0v) is 8.94. The number of amides is 2. The molecule has 3 rings (SSSR count). The van der Waals surface area contributed by atoms with E-state index in [0.29, 0.717) is 6.54 Å². The number of benzene rings is 1. The van der Waals surface area contributed by atoms with Crippen LogP contribution in [0.2, 0.25) is 0 Å². The molecule has 1 fully saturated rings. The molecule has 1 aromatic rings. The van der Waals surface area contributed by atoms with E-state index in [9.17, 15) is 4.79 Å². The van der Waals surface area contributed by atoms with Gasteiger partial charge in [0.15, 0.2) is 0 Å². The first-order valence-electron chi connectivity index (χ1n) is 5.52. The Morgan fingerprint density at radius 1 is 1.06 bits per heavy atom. The molecule has 1 aromatic carbocycles.